The Morgan fingerprint density at radius 3 is 1.02 bits per heavy atom. The molecule has 5 fully saturated rings. The van der Waals surface area contributed by atoms with Gasteiger partial charge in [0.05, 0.1) is 39.6 Å². The van der Waals surface area contributed by atoms with E-state index in [4.69, 9.17) is 28.4 Å². The van der Waals surface area contributed by atoms with Gasteiger partial charge in [0, 0.05) is 12.2 Å². The molecule has 4 aliphatic carbocycles. The first-order valence-electron chi connectivity index (χ1n) is 22.5. The van der Waals surface area contributed by atoms with Gasteiger partial charge >= 0.3 is 11.9 Å². The van der Waals surface area contributed by atoms with Crippen LogP contribution in [0.2, 0.25) is 0 Å². The smallest absolute Gasteiger partial charge is 0.330 e. The van der Waals surface area contributed by atoms with Crippen LogP contribution in [-0.2, 0) is 38.0 Å². The Morgan fingerprint density at radius 2 is 0.722 bits per heavy atom. The maximum atomic E-state index is 11.2. The second-order valence-electron chi connectivity index (χ2n) is 17.9. The maximum Gasteiger partial charge on any atom is 0.330 e. The lowest BCUT2D eigenvalue weighted by atomic mass is 9.75. The van der Waals surface area contributed by atoms with Gasteiger partial charge in [0.15, 0.2) is 0 Å². The minimum atomic E-state index is -0.407. The largest absolute Gasteiger partial charge is 0.463 e. The highest BCUT2D eigenvalue weighted by Gasteiger charge is 2.33. The molecule has 0 unspecified atom stereocenters. The van der Waals surface area contributed by atoms with Gasteiger partial charge in [-0.15, -0.1) is 0 Å². The van der Waals surface area contributed by atoms with Crippen molar-refractivity contribution in [2.24, 2.45) is 47.3 Å². The molecule has 1 heterocycles. The lowest BCUT2D eigenvalue weighted by Crippen LogP contribution is -2.43. The van der Waals surface area contributed by atoms with Gasteiger partial charge in [-0.3, -0.25) is 0 Å². The van der Waals surface area contributed by atoms with Crippen LogP contribution in [0.4, 0.5) is 0 Å². The summed E-state index contributed by atoms with van der Waals surface area (Å²) < 4.78 is 35.1. The molecule has 54 heavy (non-hydrogen) atoms. The molecule has 0 N–H and O–H groups in total. The van der Waals surface area contributed by atoms with Crippen molar-refractivity contribution in [1.29, 1.82) is 0 Å². The Balaban J connectivity index is 0.860. The fraction of sp³-hybridized carbons (Fsp3) is 0.870. The number of hydrogen-bond acceptors (Lipinski definition) is 8. The van der Waals surface area contributed by atoms with Crippen molar-refractivity contribution in [1.82, 2.24) is 0 Å². The molecule has 1 saturated heterocycles. The van der Waals surface area contributed by atoms with E-state index in [0.29, 0.717) is 38.3 Å². The molecule has 0 aromatic carbocycles. The third-order valence-electron chi connectivity index (χ3n) is 14.0. The quantitative estimate of drug-likeness (QED) is 0.0613. The van der Waals surface area contributed by atoms with Crippen LogP contribution in [0.5, 0.6) is 0 Å². The zero-order valence-corrected chi connectivity index (χ0v) is 33.8. The van der Waals surface area contributed by atoms with Crippen LogP contribution in [0.1, 0.15) is 154 Å². The topological polar surface area (TPSA) is 89.5 Å². The highest BCUT2D eigenvalue weighted by molar-refractivity contribution is 5.81. The fourth-order valence-electron chi connectivity index (χ4n) is 10.3. The Kier molecular flexibility index (Phi) is 19.9. The first kappa shape index (κ1) is 43.4. The normalized spacial score (nSPS) is 33.4. The van der Waals surface area contributed by atoms with Crippen LogP contribution in [0.15, 0.2) is 25.3 Å². The van der Waals surface area contributed by atoms with Crippen LogP contribution in [0, 0.1) is 47.3 Å². The summed E-state index contributed by atoms with van der Waals surface area (Å²) in [6.45, 7) is 10.6. The summed E-state index contributed by atoms with van der Waals surface area (Å²) in [5, 5.41) is 0. The first-order valence-corrected chi connectivity index (χ1v) is 22.5. The average molecular weight is 757 g/mol. The maximum absolute atomic E-state index is 11.2. The van der Waals surface area contributed by atoms with Gasteiger partial charge < -0.3 is 28.4 Å². The number of carbonyl (C=O) groups excluding carboxylic acids is 2. The minimum Gasteiger partial charge on any atom is -0.463 e. The van der Waals surface area contributed by atoms with Gasteiger partial charge in [0.2, 0.25) is 12.6 Å². The SMILES string of the molecule is C=CC(=O)OCCCC1CCC(CCC2CCC(CO[C@H]3OCCO[C@@H]3OCC3CCC(CCC4CCC(CCCOC(=O)C=C)CC4)CC3)CC2)CC1. The van der Waals surface area contributed by atoms with E-state index in [1.807, 2.05) is 0 Å². The molecular weight excluding hydrogens is 680 g/mol. The molecule has 0 aromatic heterocycles. The Bertz CT molecular complexity index is 979. The predicted molar refractivity (Wildman–Crippen MR) is 212 cm³/mol. The first-order chi connectivity index (χ1) is 26.5. The van der Waals surface area contributed by atoms with Gasteiger partial charge in [-0.25, -0.2) is 9.59 Å². The molecule has 0 spiro atoms. The van der Waals surface area contributed by atoms with Crippen LogP contribution < -0.4 is 0 Å². The molecule has 0 radical (unpaired) electrons. The summed E-state index contributed by atoms with van der Waals surface area (Å²) in [5.41, 5.74) is 0. The number of rotatable bonds is 22. The molecule has 5 rings (SSSR count). The van der Waals surface area contributed by atoms with Gasteiger partial charge in [0.1, 0.15) is 0 Å². The van der Waals surface area contributed by atoms with Crippen molar-refractivity contribution < 1.29 is 38.0 Å². The molecule has 4 saturated carbocycles. The van der Waals surface area contributed by atoms with Crippen molar-refractivity contribution >= 4 is 11.9 Å². The van der Waals surface area contributed by atoms with Crippen molar-refractivity contribution in [2.45, 2.75) is 167 Å². The van der Waals surface area contributed by atoms with Crippen molar-refractivity contribution in [3.05, 3.63) is 25.3 Å². The van der Waals surface area contributed by atoms with E-state index in [2.05, 4.69) is 13.2 Å². The van der Waals surface area contributed by atoms with Crippen LogP contribution in [0.3, 0.4) is 0 Å². The molecule has 308 valence electrons. The van der Waals surface area contributed by atoms with Crippen LogP contribution in [0.25, 0.3) is 0 Å². The van der Waals surface area contributed by atoms with E-state index in [1.165, 1.54) is 153 Å². The summed E-state index contributed by atoms with van der Waals surface area (Å²) >= 11 is 0. The zero-order valence-electron chi connectivity index (χ0n) is 33.8. The molecule has 2 atom stereocenters. The molecule has 8 heteroatoms. The third kappa shape index (κ3) is 16.0. The van der Waals surface area contributed by atoms with Crippen LogP contribution in [-0.4, -0.2) is 64.2 Å². The van der Waals surface area contributed by atoms with E-state index in [9.17, 15) is 9.59 Å². The Hall–Kier alpha value is -1.74. The summed E-state index contributed by atoms with van der Waals surface area (Å²) in [5.74, 6) is 5.78. The molecule has 8 nitrogen and oxygen atoms in total. The van der Waals surface area contributed by atoms with Gasteiger partial charge in [-0.1, -0.05) is 116 Å². The van der Waals surface area contributed by atoms with Gasteiger partial charge in [0.25, 0.3) is 0 Å². The summed E-state index contributed by atoms with van der Waals surface area (Å²) in [6, 6.07) is 0. The second kappa shape index (κ2) is 24.8. The fourth-order valence-corrected chi connectivity index (χ4v) is 10.3. The zero-order chi connectivity index (χ0) is 37.8. The second-order valence-corrected chi connectivity index (χ2v) is 17.9. The van der Waals surface area contributed by atoms with Crippen LogP contribution >= 0.6 is 0 Å². The minimum absolute atomic E-state index is 0.303. The lowest BCUT2D eigenvalue weighted by Gasteiger charge is -2.36. The molecule has 1 aliphatic heterocycles. The highest BCUT2D eigenvalue weighted by Crippen LogP contribution is 2.39. The van der Waals surface area contributed by atoms with E-state index >= 15 is 0 Å². The van der Waals surface area contributed by atoms with E-state index in [-0.39, 0.29) is 11.9 Å². The lowest BCUT2D eigenvalue weighted by molar-refractivity contribution is -0.325. The standard InChI is InChI=1S/C46H76O8/c1-3-43(47)49-29-5-7-35-9-13-37(14-10-35)17-19-39-21-25-41(26-22-39)33-53-45-46(52-32-31-51-45)54-34-42-27-23-40(24-28-42)20-18-38-15-11-36(12-16-38)8-6-30-50-44(48)4-2/h3-4,35-42,45-46H,1-2,5-34H2/t35?,36?,37?,38?,39?,40?,41?,42?,45-,46-/m1/s1. The summed E-state index contributed by atoms with van der Waals surface area (Å²) in [6.07, 6.45) is 32.8. The predicted octanol–water partition coefficient (Wildman–Crippen LogP) is 10.5. The monoisotopic (exact) mass is 757 g/mol. The Labute approximate surface area is 328 Å². The highest BCUT2D eigenvalue weighted by atomic mass is 16.8. The number of esters is 2. The van der Waals surface area contributed by atoms with Crippen molar-refractivity contribution in [3.63, 3.8) is 0 Å². The third-order valence-corrected chi connectivity index (χ3v) is 14.0. The number of hydrogen-bond donors (Lipinski definition) is 0. The molecule has 0 aromatic rings. The summed E-state index contributed by atoms with van der Waals surface area (Å²) in [4.78, 5) is 22.4. The number of ether oxygens (including phenoxy) is 6. The van der Waals surface area contributed by atoms with E-state index in [0.717, 1.165) is 61.6 Å². The number of carbonyl (C=O) groups is 2. The van der Waals surface area contributed by atoms with Gasteiger partial charge in [-0.2, -0.15) is 0 Å². The van der Waals surface area contributed by atoms with E-state index < -0.39 is 12.6 Å². The Morgan fingerprint density at radius 1 is 0.444 bits per heavy atom. The van der Waals surface area contributed by atoms with Gasteiger partial charge in [-0.05, 0) is 98.7 Å². The molecule has 5 aliphatic rings. The molecular formula is C46H76O8. The summed E-state index contributed by atoms with van der Waals surface area (Å²) in [7, 11) is 0. The molecule has 0 bridgehead atoms. The van der Waals surface area contributed by atoms with E-state index in [1.54, 1.807) is 0 Å². The van der Waals surface area contributed by atoms with Crippen molar-refractivity contribution in [2.75, 3.05) is 39.6 Å². The average Bonchev–Trinajstić information content (AvgIpc) is 3.22. The molecule has 0 amide bonds. The van der Waals surface area contributed by atoms with Crippen molar-refractivity contribution in [3.8, 4) is 0 Å².